The molecule has 0 atom stereocenters. The predicted molar refractivity (Wildman–Crippen MR) is 67.0 cm³/mol. The summed E-state index contributed by atoms with van der Waals surface area (Å²) in [5, 5.41) is 5.06. The Balaban J connectivity index is 3.02. The van der Waals surface area contributed by atoms with E-state index in [0.717, 1.165) is 0 Å². The molecule has 16 heavy (non-hydrogen) atoms. The van der Waals surface area contributed by atoms with E-state index in [1.165, 1.54) is 14.2 Å². The van der Waals surface area contributed by atoms with Crippen molar-refractivity contribution in [2.45, 2.75) is 0 Å². The highest BCUT2D eigenvalue weighted by Gasteiger charge is 2.07. The van der Waals surface area contributed by atoms with Crippen LogP contribution < -0.4 is 21.1 Å². The SMILES string of the molecule is CNC(=O)Nc1ccc(C(N)=S)cc1OC. The first-order valence-electron chi connectivity index (χ1n) is 4.55. The molecule has 0 heterocycles. The molecule has 0 unspecified atom stereocenters. The van der Waals surface area contributed by atoms with Crippen LogP contribution in [0.15, 0.2) is 18.2 Å². The van der Waals surface area contributed by atoms with Crippen LogP contribution >= 0.6 is 12.2 Å². The summed E-state index contributed by atoms with van der Waals surface area (Å²) in [6.07, 6.45) is 0. The quantitative estimate of drug-likeness (QED) is 0.690. The number of nitrogens with two attached hydrogens (primary N) is 1. The molecule has 0 radical (unpaired) electrons. The van der Waals surface area contributed by atoms with Gasteiger partial charge in [-0.15, -0.1) is 0 Å². The van der Waals surface area contributed by atoms with Gasteiger partial charge in [0.15, 0.2) is 0 Å². The first-order chi connectivity index (χ1) is 7.58. The van der Waals surface area contributed by atoms with E-state index < -0.39 is 0 Å². The standard InChI is InChI=1S/C10H13N3O2S/c1-12-10(14)13-7-4-3-6(9(11)16)5-8(7)15-2/h3-5H,1-2H3,(H2,11,16)(H2,12,13,14). The minimum atomic E-state index is -0.318. The van der Waals surface area contributed by atoms with Gasteiger partial charge in [0, 0.05) is 12.6 Å². The minimum absolute atomic E-state index is 0.282. The van der Waals surface area contributed by atoms with E-state index in [9.17, 15) is 4.79 Å². The number of benzene rings is 1. The smallest absolute Gasteiger partial charge is 0.319 e. The van der Waals surface area contributed by atoms with Gasteiger partial charge < -0.3 is 21.1 Å². The molecule has 0 spiro atoms. The normalized spacial score (nSPS) is 9.38. The number of hydrogen-bond donors (Lipinski definition) is 3. The number of amides is 2. The summed E-state index contributed by atoms with van der Waals surface area (Å²) in [6.45, 7) is 0. The van der Waals surface area contributed by atoms with Gasteiger partial charge in [0.05, 0.1) is 12.8 Å². The Hall–Kier alpha value is -1.82. The Bertz CT molecular complexity index is 421. The Morgan fingerprint density at radius 1 is 1.50 bits per heavy atom. The minimum Gasteiger partial charge on any atom is -0.495 e. The number of anilines is 1. The van der Waals surface area contributed by atoms with Crippen molar-refractivity contribution in [2.75, 3.05) is 19.5 Å². The van der Waals surface area contributed by atoms with Gasteiger partial charge in [-0.1, -0.05) is 12.2 Å². The van der Waals surface area contributed by atoms with Gasteiger partial charge in [-0.25, -0.2) is 4.79 Å². The van der Waals surface area contributed by atoms with Crippen molar-refractivity contribution in [3.05, 3.63) is 23.8 Å². The molecule has 0 aliphatic rings. The van der Waals surface area contributed by atoms with E-state index in [0.29, 0.717) is 17.0 Å². The zero-order valence-corrected chi connectivity index (χ0v) is 9.85. The van der Waals surface area contributed by atoms with Gasteiger partial charge in [0.2, 0.25) is 0 Å². The molecular formula is C10H13N3O2S. The highest BCUT2D eigenvalue weighted by Crippen LogP contribution is 2.25. The Morgan fingerprint density at radius 2 is 2.19 bits per heavy atom. The topological polar surface area (TPSA) is 76.4 Å². The van der Waals surface area contributed by atoms with Gasteiger partial charge in [-0.2, -0.15) is 0 Å². The monoisotopic (exact) mass is 239 g/mol. The Labute approximate surface area is 99.0 Å². The largest absolute Gasteiger partial charge is 0.495 e. The molecule has 1 aromatic carbocycles. The van der Waals surface area contributed by atoms with Crippen molar-refractivity contribution >= 4 is 28.9 Å². The van der Waals surface area contributed by atoms with Gasteiger partial charge in [-0.05, 0) is 18.2 Å². The Morgan fingerprint density at radius 3 is 2.69 bits per heavy atom. The second-order valence-electron chi connectivity index (χ2n) is 2.98. The van der Waals surface area contributed by atoms with E-state index in [-0.39, 0.29) is 11.0 Å². The third-order valence-corrected chi connectivity index (χ3v) is 2.20. The lowest BCUT2D eigenvalue weighted by atomic mass is 10.2. The number of carbonyl (C=O) groups is 1. The molecule has 0 aliphatic carbocycles. The summed E-state index contributed by atoms with van der Waals surface area (Å²) < 4.78 is 5.12. The molecule has 5 nitrogen and oxygen atoms in total. The summed E-state index contributed by atoms with van der Waals surface area (Å²) in [6, 6.07) is 4.76. The molecule has 6 heteroatoms. The maximum absolute atomic E-state index is 11.1. The van der Waals surface area contributed by atoms with Crippen LogP contribution in [0.3, 0.4) is 0 Å². The van der Waals surface area contributed by atoms with Gasteiger partial charge in [-0.3, -0.25) is 0 Å². The molecule has 0 bridgehead atoms. The lowest BCUT2D eigenvalue weighted by Crippen LogP contribution is -2.24. The summed E-state index contributed by atoms with van der Waals surface area (Å²) in [5.74, 6) is 0.508. The average molecular weight is 239 g/mol. The molecule has 0 saturated carbocycles. The van der Waals surface area contributed by atoms with E-state index in [1.54, 1.807) is 18.2 Å². The van der Waals surface area contributed by atoms with Crippen LogP contribution in [0.4, 0.5) is 10.5 Å². The van der Waals surface area contributed by atoms with Crippen LogP contribution in [0.2, 0.25) is 0 Å². The van der Waals surface area contributed by atoms with Crippen molar-refractivity contribution in [3.63, 3.8) is 0 Å². The van der Waals surface area contributed by atoms with E-state index in [4.69, 9.17) is 22.7 Å². The van der Waals surface area contributed by atoms with E-state index in [1.807, 2.05) is 0 Å². The molecule has 0 fully saturated rings. The fraction of sp³-hybridized carbons (Fsp3) is 0.200. The number of nitrogens with one attached hydrogen (secondary N) is 2. The zero-order valence-electron chi connectivity index (χ0n) is 9.03. The maximum Gasteiger partial charge on any atom is 0.319 e. The fourth-order valence-corrected chi connectivity index (χ4v) is 1.26. The third-order valence-electron chi connectivity index (χ3n) is 1.96. The zero-order chi connectivity index (χ0) is 12.1. The first-order valence-corrected chi connectivity index (χ1v) is 4.96. The van der Waals surface area contributed by atoms with Crippen LogP contribution in [0.5, 0.6) is 5.75 Å². The molecule has 1 aromatic rings. The fourth-order valence-electron chi connectivity index (χ4n) is 1.13. The summed E-state index contributed by atoms with van der Waals surface area (Å²) in [7, 11) is 3.04. The second-order valence-corrected chi connectivity index (χ2v) is 3.42. The van der Waals surface area contributed by atoms with Crippen LogP contribution in [-0.4, -0.2) is 25.2 Å². The number of ether oxygens (including phenoxy) is 1. The third kappa shape index (κ3) is 2.83. The van der Waals surface area contributed by atoms with Crippen molar-refractivity contribution in [1.29, 1.82) is 0 Å². The number of methoxy groups -OCH3 is 1. The Kier molecular flexibility index (Phi) is 4.07. The number of thiocarbonyl (C=S) groups is 1. The van der Waals surface area contributed by atoms with Crippen LogP contribution in [0, 0.1) is 0 Å². The molecule has 0 aliphatic heterocycles. The average Bonchev–Trinajstić information content (AvgIpc) is 2.29. The van der Waals surface area contributed by atoms with Gasteiger partial charge >= 0.3 is 6.03 Å². The first kappa shape index (κ1) is 12.3. The molecule has 0 aromatic heterocycles. The van der Waals surface area contributed by atoms with Crippen molar-refractivity contribution < 1.29 is 9.53 Å². The van der Waals surface area contributed by atoms with Crippen LogP contribution in [-0.2, 0) is 0 Å². The van der Waals surface area contributed by atoms with Gasteiger partial charge in [0.1, 0.15) is 10.7 Å². The van der Waals surface area contributed by atoms with Crippen molar-refractivity contribution in [2.24, 2.45) is 5.73 Å². The number of urea groups is 1. The predicted octanol–water partition coefficient (Wildman–Crippen LogP) is 1.08. The lowest BCUT2D eigenvalue weighted by Gasteiger charge is -2.11. The molecule has 86 valence electrons. The highest BCUT2D eigenvalue weighted by atomic mass is 32.1. The van der Waals surface area contributed by atoms with E-state index >= 15 is 0 Å². The summed E-state index contributed by atoms with van der Waals surface area (Å²) >= 11 is 4.85. The number of hydrogen-bond acceptors (Lipinski definition) is 3. The maximum atomic E-state index is 11.1. The lowest BCUT2D eigenvalue weighted by molar-refractivity contribution is 0.254. The molecule has 1 rings (SSSR count). The van der Waals surface area contributed by atoms with Crippen LogP contribution in [0.1, 0.15) is 5.56 Å². The van der Waals surface area contributed by atoms with Crippen LogP contribution in [0.25, 0.3) is 0 Å². The number of carbonyl (C=O) groups excluding carboxylic acids is 1. The van der Waals surface area contributed by atoms with Gasteiger partial charge in [0.25, 0.3) is 0 Å². The molecule has 4 N–H and O–H groups in total. The van der Waals surface area contributed by atoms with Crippen molar-refractivity contribution in [3.8, 4) is 5.75 Å². The summed E-state index contributed by atoms with van der Waals surface area (Å²) in [4.78, 5) is 11.4. The molecule has 0 saturated heterocycles. The second kappa shape index (κ2) is 5.32. The van der Waals surface area contributed by atoms with E-state index in [2.05, 4.69) is 10.6 Å². The molecule has 2 amide bonds. The van der Waals surface area contributed by atoms with Crippen molar-refractivity contribution in [1.82, 2.24) is 5.32 Å². The summed E-state index contributed by atoms with van der Waals surface area (Å²) in [5.41, 5.74) is 6.74. The highest BCUT2D eigenvalue weighted by molar-refractivity contribution is 7.80. The number of rotatable bonds is 3. The molecular weight excluding hydrogens is 226 g/mol.